The average molecular weight is 454 g/mol. The highest BCUT2D eigenvalue weighted by Gasteiger charge is 2.26. The van der Waals surface area contributed by atoms with Gasteiger partial charge in [-0.2, -0.15) is 0 Å². The van der Waals surface area contributed by atoms with Gasteiger partial charge in [0.2, 0.25) is 6.10 Å². The molecule has 0 unspecified atom stereocenters. The Morgan fingerprint density at radius 3 is 2.16 bits per heavy atom. The van der Waals surface area contributed by atoms with Gasteiger partial charge in [0, 0.05) is 11.8 Å². The maximum Gasteiger partial charge on any atom is 0.339 e. The van der Waals surface area contributed by atoms with Crippen LogP contribution in [-0.4, -0.2) is 33.2 Å². The van der Waals surface area contributed by atoms with Crippen LogP contribution >= 0.6 is 0 Å². The molecule has 0 aromatic heterocycles. The van der Waals surface area contributed by atoms with Crippen molar-refractivity contribution in [2.45, 2.75) is 17.9 Å². The van der Waals surface area contributed by atoms with Crippen LogP contribution in [0.1, 0.15) is 28.9 Å². The van der Waals surface area contributed by atoms with Crippen molar-refractivity contribution in [1.29, 1.82) is 0 Å². The van der Waals surface area contributed by atoms with Crippen molar-refractivity contribution >= 4 is 27.4 Å². The molecule has 0 saturated heterocycles. The zero-order valence-corrected chi connectivity index (χ0v) is 18.5. The zero-order valence-electron chi connectivity index (χ0n) is 17.6. The molecule has 3 rings (SSSR count). The van der Waals surface area contributed by atoms with Crippen molar-refractivity contribution < 1.29 is 27.5 Å². The van der Waals surface area contributed by atoms with E-state index in [-0.39, 0.29) is 10.5 Å². The molecule has 0 saturated carbocycles. The van der Waals surface area contributed by atoms with Gasteiger partial charge in [0.25, 0.3) is 5.91 Å². The van der Waals surface area contributed by atoms with E-state index < -0.39 is 27.8 Å². The highest BCUT2D eigenvalue weighted by Crippen LogP contribution is 2.27. The molecule has 0 fully saturated rings. The Kier molecular flexibility index (Phi) is 7.27. The first-order chi connectivity index (χ1) is 15.3. The minimum atomic E-state index is -3.40. The number of benzene rings is 3. The maximum atomic E-state index is 13.1. The SMILES string of the molecule is CCOc1ccccc1NC(=O)[C@@H](OC(=O)c1ccc(S(C)(=O)=O)cc1)c1ccccc1. The third-order valence-corrected chi connectivity index (χ3v) is 5.66. The van der Waals surface area contributed by atoms with E-state index in [0.29, 0.717) is 23.6 Å². The molecule has 1 N–H and O–H groups in total. The van der Waals surface area contributed by atoms with Gasteiger partial charge in [0.1, 0.15) is 5.75 Å². The number of esters is 1. The topological polar surface area (TPSA) is 98.8 Å². The first-order valence-corrected chi connectivity index (χ1v) is 11.8. The minimum absolute atomic E-state index is 0.0823. The molecule has 0 radical (unpaired) electrons. The normalized spacial score (nSPS) is 11.9. The zero-order chi connectivity index (χ0) is 23.1. The molecule has 3 aromatic carbocycles. The standard InChI is InChI=1S/C24H23NO6S/c1-3-30-21-12-8-7-11-20(21)25-23(26)22(17-9-5-4-6-10-17)31-24(27)18-13-15-19(16-14-18)32(2,28)29/h4-16,22H,3H2,1-2H3,(H,25,26)/t22-/m0/s1. The summed E-state index contributed by atoms with van der Waals surface area (Å²) in [5, 5.41) is 2.76. The summed E-state index contributed by atoms with van der Waals surface area (Å²) < 4.78 is 34.4. The number of hydrogen-bond acceptors (Lipinski definition) is 6. The van der Waals surface area contributed by atoms with Crippen LogP contribution in [-0.2, 0) is 19.4 Å². The fraction of sp³-hybridized carbons (Fsp3) is 0.167. The third-order valence-electron chi connectivity index (χ3n) is 4.53. The lowest BCUT2D eigenvalue weighted by atomic mass is 10.1. The van der Waals surface area contributed by atoms with Gasteiger partial charge in [-0.3, -0.25) is 4.79 Å². The van der Waals surface area contributed by atoms with Crippen molar-refractivity contribution in [2.24, 2.45) is 0 Å². The van der Waals surface area contributed by atoms with Gasteiger partial charge >= 0.3 is 5.97 Å². The molecule has 0 bridgehead atoms. The van der Waals surface area contributed by atoms with E-state index in [1.54, 1.807) is 54.6 Å². The number of hydrogen-bond donors (Lipinski definition) is 1. The number of carbonyl (C=O) groups excluding carboxylic acids is 2. The van der Waals surface area contributed by atoms with Gasteiger partial charge in [-0.05, 0) is 43.3 Å². The highest BCUT2D eigenvalue weighted by molar-refractivity contribution is 7.90. The molecule has 32 heavy (non-hydrogen) atoms. The van der Waals surface area contributed by atoms with Crippen molar-refractivity contribution in [3.63, 3.8) is 0 Å². The van der Waals surface area contributed by atoms with E-state index in [1.165, 1.54) is 24.3 Å². The van der Waals surface area contributed by atoms with E-state index >= 15 is 0 Å². The quantitative estimate of drug-likeness (QED) is 0.517. The van der Waals surface area contributed by atoms with Gasteiger partial charge in [0.15, 0.2) is 9.84 Å². The van der Waals surface area contributed by atoms with Gasteiger partial charge in [-0.15, -0.1) is 0 Å². The van der Waals surface area contributed by atoms with Gasteiger partial charge in [-0.1, -0.05) is 42.5 Å². The van der Waals surface area contributed by atoms with E-state index in [0.717, 1.165) is 6.26 Å². The minimum Gasteiger partial charge on any atom is -0.492 e. The Labute approximate surface area is 186 Å². The van der Waals surface area contributed by atoms with Gasteiger partial charge < -0.3 is 14.8 Å². The maximum absolute atomic E-state index is 13.1. The lowest BCUT2D eigenvalue weighted by Gasteiger charge is -2.19. The van der Waals surface area contributed by atoms with Crippen LogP contribution in [0.25, 0.3) is 0 Å². The third kappa shape index (κ3) is 5.73. The van der Waals surface area contributed by atoms with Crippen molar-refractivity contribution in [2.75, 3.05) is 18.2 Å². The Bertz CT molecular complexity index is 1190. The monoisotopic (exact) mass is 453 g/mol. The second-order valence-corrected chi connectivity index (χ2v) is 8.93. The number of nitrogens with one attached hydrogen (secondary N) is 1. The summed E-state index contributed by atoms with van der Waals surface area (Å²) in [7, 11) is -3.40. The van der Waals surface area contributed by atoms with Crippen molar-refractivity contribution in [3.8, 4) is 5.75 Å². The Morgan fingerprint density at radius 1 is 0.906 bits per heavy atom. The van der Waals surface area contributed by atoms with Crippen LogP contribution in [0.4, 0.5) is 5.69 Å². The predicted molar refractivity (Wildman–Crippen MR) is 120 cm³/mol. The summed E-state index contributed by atoms with van der Waals surface area (Å²) in [4.78, 5) is 25.9. The summed E-state index contributed by atoms with van der Waals surface area (Å²) in [5.74, 6) is -0.811. The predicted octanol–water partition coefficient (Wildman–Crippen LogP) is 4.03. The van der Waals surface area contributed by atoms with E-state index in [9.17, 15) is 18.0 Å². The number of para-hydroxylation sites is 2. The Balaban J connectivity index is 1.85. The number of rotatable bonds is 8. The average Bonchev–Trinajstić information content (AvgIpc) is 2.79. The van der Waals surface area contributed by atoms with E-state index in [4.69, 9.17) is 9.47 Å². The molecule has 1 atom stereocenters. The molecule has 0 spiro atoms. The molecule has 3 aromatic rings. The Morgan fingerprint density at radius 2 is 1.53 bits per heavy atom. The van der Waals surface area contributed by atoms with Gasteiger partial charge in [0.05, 0.1) is 22.8 Å². The first-order valence-electron chi connectivity index (χ1n) is 9.88. The molecule has 0 aliphatic carbocycles. The number of amides is 1. The van der Waals surface area contributed by atoms with Crippen LogP contribution in [0.3, 0.4) is 0 Å². The molecule has 166 valence electrons. The van der Waals surface area contributed by atoms with Crippen molar-refractivity contribution in [3.05, 3.63) is 90.0 Å². The lowest BCUT2D eigenvalue weighted by molar-refractivity contribution is -0.125. The van der Waals surface area contributed by atoms with Crippen LogP contribution in [0, 0.1) is 0 Å². The van der Waals surface area contributed by atoms with E-state index in [1.807, 2.05) is 6.92 Å². The second-order valence-electron chi connectivity index (χ2n) is 6.91. The highest BCUT2D eigenvalue weighted by atomic mass is 32.2. The number of sulfone groups is 1. The van der Waals surface area contributed by atoms with Crippen LogP contribution in [0.2, 0.25) is 0 Å². The van der Waals surface area contributed by atoms with E-state index in [2.05, 4.69) is 5.32 Å². The number of carbonyl (C=O) groups is 2. The molecule has 8 heteroatoms. The van der Waals surface area contributed by atoms with Crippen LogP contribution < -0.4 is 10.1 Å². The largest absolute Gasteiger partial charge is 0.492 e. The number of ether oxygens (including phenoxy) is 2. The van der Waals surface area contributed by atoms with Crippen LogP contribution in [0.5, 0.6) is 5.75 Å². The Hall–Kier alpha value is -3.65. The first kappa shape index (κ1) is 23.0. The molecule has 1 amide bonds. The van der Waals surface area contributed by atoms with Crippen LogP contribution in [0.15, 0.2) is 83.8 Å². The fourth-order valence-electron chi connectivity index (χ4n) is 2.96. The molecule has 0 heterocycles. The summed E-state index contributed by atoms with van der Waals surface area (Å²) >= 11 is 0. The smallest absolute Gasteiger partial charge is 0.339 e. The van der Waals surface area contributed by atoms with Crippen molar-refractivity contribution in [1.82, 2.24) is 0 Å². The fourth-order valence-corrected chi connectivity index (χ4v) is 3.59. The van der Waals surface area contributed by atoms with Gasteiger partial charge in [-0.25, -0.2) is 13.2 Å². The summed E-state index contributed by atoms with van der Waals surface area (Å²) in [6, 6.07) is 20.9. The second kappa shape index (κ2) is 10.1. The molecular weight excluding hydrogens is 430 g/mol. The summed E-state index contributed by atoms with van der Waals surface area (Å²) in [6.45, 7) is 2.26. The molecular formula is C24H23NO6S. The number of anilines is 1. The summed E-state index contributed by atoms with van der Waals surface area (Å²) in [5.41, 5.74) is 1.06. The molecule has 7 nitrogen and oxygen atoms in total. The summed E-state index contributed by atoms with van der Waals surface area (Å²) in [6.07, 6.45) is -0.149. The molecule has 0 aliphatic heterocycles. The lowest BCUT2D eigenvalue weighted by Crippen LogP contribution is -2.26. The molecule has 0 aliphatic rings.